The van der Waals surface area contributed by atoms with Crippen LogP contribution in [0.25, 0.3) is 0 Å². The van der Waals surface area contributed by atoms with E-state index >= 15 is 0 Å². The molecule has 0 amide bonds. The maximum atomic E-state index is 6.19. The Morgan fingerprint density at radius 3 is 3.00 bits per heavy atom. The molecule has 0 bridgehead atoms. The average Bonchev–Trinajstić information content (AvgIpc) is 2.80. The van der Waals surface area contributed by atoms with Gasteiger partial charge in [-0.05, 0) is 49.7 Å². The third kappa shape index (κ3) is 3.95. The van der Waals surface area contributed by atoms with Gasteiger partial charge >= 0.3 is 0 Å². The first-order valence-corrected chi connectivity index (χ1v) is 7.73. The first-order chi connectivity index (χ1) is 8.69. The monoisotopic (exact) mass is 330 g/mol. The van der Waals surface area contributed by atoms with Crippen LogP contribution in [0, 0.1) is 5.92 Å². The maximum Gasteiger partial charge on any atom is 0.0462 e. The van der Waals surface area contributed by atoms with Crippen LogP contribution in [0.3, 0.4) is 0 Å². The first kappa shape index (κ1) is 14.3. The minimum atomic E-state index is 0.791. The molecule has 1 aliphatic heterocycles. The predicted molar refractivity (Wildman–Crippen MR) is 81.1 cm³/mol. The summed E-state index contributed by atoms with van der Waals surface area (Å²) in [5.74, 6) is 0.791. The fourth-order valence-corrected chi connectivity index (χ4v) is 3.18. The Labute approximate surface area is 123 Å². The van der Waals surface area contributed by atoms with E-state index in [-0.39, 0.29) is 0 Å². The molecule has 0 radical (unpaired) electrons. The van der Waals surface area contributed by atoms with Crippen LogP contribution >= 0.6 is 27.5 Å². The normalized spacial score (nSPS) is 20.5. The molecular formula is C14H20BrClN2. The molecule has 18 heavy (non-hydrogen) atoms. The summed E-state index contributed by atoms with van der Waals surface area (Å²) < 4.78 is 1.03. The molecule has 2 rings (SSSR count). The maximum absolute atomic E-state index is 6.19. The molecular weight excluding hydrogens is 312 g/mol. The van der Waals surface area contributed by atoms with E-state index in [0.717, 1.165) is 28.5 Å². The van der Waals surface area contributed by atoms with Gasteiger partial charge in [0.15, 0.2) is 0 Å². The van der Waals surface area contributed by atoms with Crippen molar-refractivity contribution in [2.24, 2.45) is 5.92 Å². The number of hydrogen-bond donors (Lipinski definition) is 1. The lowest BCUT2D eigenvalue weighted by atomic mass is 10.1. The van der Waals surface area contributed by atoms with E-state index < -0.39 is 0 Å². The van der Waals surface area contributed by atoms with E-state index in [2.05, 4.69) is 39.1 Å². The van der Waals surface area contributed by atoms with Crippen molar-refractivity contribution in [2.75, 3.05) is 26.2 Å². The van der Waals surface area contributed by atoms with Crippen molar-refractivity contribution >= 4 is 27.5 Å². The topological polar surface area (TPSA) is 15.3 Å². The van der Waals surface area contributed by atoms with Crippen molar-refractivity contribution in [3.63, 3.8) is 0 Å². The molecule has 4 heteroatoms. The van der Waals surface area contributed by atoms with Crippen LogP contribution in [-0.2, 0) is 6.54 Å². The van der Waals surface area contributed by atoms with Crippen LogP contribution < -0.4 is 5.32 Å². The molecule has 1 heterocycles. The molecule has 1 aliphatic rings. The minimum absolute atomic E-state index is 0.791. The van der Waals surface area contributed by atoms with Crippen LogP contribution in [0.5, 0.6) is 0 Å². The van der Waals surface area contributed by atoms with E-state index in [4.69, 9.17) is 11.6 Å². The number of hydrogen-bond acceptors (Lipinski definition) is 2. The summed E-state index contributed by atoms with van der Waals surface area (Å²) in [6.45, 7) is 7.84. The van der Waals surface area contributed by atoms with Crippen molar-refractivity contribution in [3.05, 3.63) is 33.3 Å². The Balaban J connectivity index is 1.75. The third-order valence-corrected chi connectivity index (χ3v) is 4.43. The quantitative estimate of drug-likeness (QED) is 0.888. The van der Waals surface area contributed by atoms with E-state index in [0.29, 0.717) is 0 Å². The number of likely N-dealkylation sites (tertiary alicyclic amines) is 1. The largest absolute Gasteiger partial charge is 0.312 e. The molecule has 1 aromatic carbocycles. The second kappa shape index (κ2) is 6.90. The summed E-state index contributed by atoms with van der Waals surface area (Å²) in [5.41, 5.74) is 1.17. The summed E-state index contributed by atoms with van der Waals surface area (Å²) in [6, 6.07) is 6.07. The zero-order valence-electron chi connectivity index (χ0n) is 10.8. The predicted octanol–water partition coefficient (Wildman–Crippen LogP) is 3.53. The molecule has 1 fully saturated rings. The number of rotatable bonds is 5. The van der Waals surface area contributed by atoms with Gasteiger partial charge in [-0.2, -0.15) is 0 Å². The van der Waals surface area contributed by atoms with Crippen molar-refractivity contribution < 1.29 is 0 Å². The van der Waals surface area contributed by atoms with E-state index in [9.17, 15) is 0 Å². The summed E-state index contributed by atoms with van der Waals surface area (Å²) in [7, 11) is 0. The van der Waals surface area contributed by atoms with Crippen LogP contribution in [-0.4, -0.2) is 31.1 Å². The fourth-order valence-electron chi connectivity index (χ4n) is 2.44. The van der Waals surface area contributed by atoms with Crippen LogP contribution in [0.15, 0.2) is 22.7 Å². The van der Waals surface area contributed by atoms with Crippen LogP contribution in [0.2, 0.25) is 5.02 Å². The molecule has 0 saturated carbocycles. The molecule has 1 atom stereocenters. The highest BCUT2D eigenvalue weighted by Crippen LogP contribution is 2.21. The van der Waals surface area contributed by atoms with Crippen molar-refractivity contribution in [3.8, 4) is 0 Å². The van der Waals surface area contributed by atoms with Gasteiger partial charge < -0.3 is 10.2 Å². The van der Waals surface area contributed by atoms with Gasteiger partial charge in [0.2, 0.25) is 0 Å². The molecule has 1 aromatic rings. The van der Waals surface area contributed by atoms with Gasteiger partial charge in [0.25, 0.3) is 0 Å². The Kier molecular flexibility index (Phi) is 5.49. The molecule has 1 unspecified atom stereocenters. The Hall–Kier alpha value is -0.0900. The van der Waals surface area contributed by atoms with Gasteiger partial charge in [-0.1, -0.05) is 40.5 Å². The highest BCUT2D eigenvalue weighted by molar-refractivity contribution is 9.10. The molecule has 0 aromatic heterocycles. The summed E-state index contributed by atoms with van der Waals surface area (Å²) in [6.07, 6.45) is 1.31. The first-order valence-electron chi connectivity index (χ1n) is 6.56. The number of benzene rings is 1. The van der Waals surface area contributed by atoms with Gasteiger partial charge in [-0.15, -0.1) is 0 Å². The lowest BCUT2D eigenvalue weighted by molar-refractivity contribution is 0.339. The molecule has 0 aliphatic carbocycles. The lowest BCUT2D eigenvalue weighted by Crippen LogP contribution is -2.26. The van der Waals surface area contributed by atoms with Gasteiger partial charge in [0.05, 0.1) is 0 Å². The molecule has 100 valence electrons. The molecule has 1 saturated heterocycles. The average molecular weight is 332 g/mol. The Morgan fingerprint density at radius 1 is 1.50 bits per heavy atom. The van der Waals surface area contributed by atoms with Gasteiger partial charge in [0, 0.05) is 22.6 Å². The fraction of sp³-hybridized carbons (Fsp3) is 0.571. The summed E-state index contributed by atoms with van der Waals surface area (Å²) in [4.78, 5) is 2.51. The van der Waals surface area contributed by atoms with Crippen LogP contribution in [0.1, 0.15) is 18.9 Å². The smallest absolute Gasteiger partial charge is 0.0462 e. The van der Waals surface area contributed by atoms with Crippen molar-refractivity contribution in [1.82, 2.24) is 10.2 Å². The number of nitrogens with one attached hydrogen (secondary N) is 1. The second-order valence-corrected chi connectivity index (χ2v) is 6.24. The molecule has 1 N–H and O–H groups in total. The number of halogens is 2. The molecule has 2 nitrogen and oxygen atoms in total. The van der Waals surface area contributed by atoms with Crippen molar-refractivity contribution in [1.29, 1.82) is 0 Å². The van der Waals surface area contributed by atoms with E-state index in [1.807, 2.05) is 12.1 Å². The van der Waals surface area contributed by atoms with Gasteiger partial charge in [-0.3, -0.25) is 0 Å². The van der Waals surface area contributed by atoms with Crippen LogP contribution in [0.4, 0.5) is 0 Å². The van der Waals surface area contributed by atoms with E-state index in [1.54, 1.807) is 0 Å². The zero-order chi connectivity index (χ0) is 13.0. The van der Waals surface area contributed by atoms with Crippen molar-refractivity contribution in [2.45, 2.75) is 19.9 Å². The standard InChI is InChI=1S/C14H20BrClN2/c1-2-18-6-5-11(10-18)8-17-9-12-3-4-13(15)7-14(12)16/h3-4,7,11,17H,2,5-6,8-10H2,1H3. The van der Waals surface area contributed by atoms with Gasteiger partial charge in [-0.25, -0.2) is 0 Å². The van der Waals surface area contributed by atoms with E-state index in [1.165, 1.54) is 31.6 Å². The summed E-state index contributed by atoms with van der Waals surface area (Å²) >= 11 is 9.61. The molecule has 0 spiro atoms. The second-order valence-electron chi connectivity index (χ2n) is 4.91. The highest BCUT2D eigenvalue weighted by Gasteiger charge is 2.20. The Morgan fingerprint density at radius 2 is 2.33 bits per heavy atom. The third-order valence-electron chi connectivity index (χ3n) is 3.58. The Bertz CT molecular complexity index is 397. The lowest BCUT2D eigenvalue weighted by Gasteiger charge is -2.14. The SMILES string of the molecule is CCN1CCC(CNCc2ccc(Br)cc2Cl)C1. The summed E-state index contributed by atoms with van der Waals surface area (Å²) in [5, 5.41) is 4.35. The minimum Gasteiger partial charge on any atom is -0.312 e. The van der Waals surface area contributed by atoms with Gasteiger partial charge in [0.1, 0.15) is 0 Å². The zero-order valence-corrected chi connectivity index (χ0v) is 13.1. The highest BCUT2D eigenvalue weighted by atomic mass is 79.9. The number of nitrogens with zero attached hydrogens (tertiary/aromatic N) is 1.